The van der Waals surface area contributed by atoms with Crippen LogP contribution in [0.25, 0.3) is 0 Å². The smallest absolute Gasteiger partial charge is 0.310 e. The summed E-state index contributed by atoms with van der Waals surface area (Å²) in [6.07, 6.45) is 2.79. The standard InChI is InChI=1S/C19H23N3O3/c1-13(2)10-16-17(23)20-8-9-22(16)19(24)18-21-12-15(25-18)11-14-6-4-3-5-7-14/h3-7,12-13,16H,8-11H2,1-2H3,(H,20,23)/t16-/m1/s1. The number of hydrogen-bond acceptors (Lipinski definition) is 4. The van der Waals surface area contributed by atoms with Gasteiger partial charge in [-0.2, -0.15) is 0 Å². The van der Waals surface area contributed by atoms with Crippen molar-refractivity contribution in [2.75, 3.05) is 13.1 Å². The number of nitrogens with zero attached hydrogens (tertiary/aromatic N) is 2. The van der Waals surface area contributed by atoms with Gasteiger partial charge in [-0.25, -0.2) is 4.98 Å². The predicted octanol–water partition coefficient (Wildman–Crippen LogP) is 2.25. The lowest BCUT2D eigenvalue weighted by molar-refractivity contribution is -0.128. The highest BCUT2D eigenvalue weighted by atomic mass is 16.4. The summed E-state index contributed by atoms with van der Waals surface area (Å²) in [5.74, 6) is 0.567. The minimum Gasteiger partial charge on any atom is -0.437 e. The van der Waals surface area contributed by atoms with Crippen LogP contribution in [0.1, 0.15) is 42.3 Å². The predicted molar refractivity (Wildman–Crippen MR) is 93.0 cm³/mol. The Morgan fingerprint density at radius 2 is 2.12 bits per heavy atom. The molecule has 0 unspecified atom stereocenters. The molecule has 0 spiro atoms. The SMILES string of the molecule is CC(C)C[C@@H]1C(=O)NCCN1C(=O)c1ncc(Cc2ccccc2)o1. The summed E-state index contributed by atoms with van der Waals surface area (Å²) in [7, 11) is 0. The first-order valence-corrected chi connectivity index (χ1v) is 8.62. The molecule has 0 bridgehead atoms. The van der Waals surface area contributed by atoms with Crippen LogP contribution in [0.3, 0.4) is 0 Å². The number of rotatable bonds is 5. The van der Waals surface area contributed by atoms with Gasteiger partial charge in [-0.15, -0.1) is 0 Å². The lowest BCUT2D eigenvalue weighted by Crippen LogP contribution is -2.57. The van der Waals surface area contributed by atoms with Crippen molar-refractivity contribution < 1.29 is 14.0 Å². The van der Waals surface area contributed by atoms with Crippen LogP contribution in [0.2, 0.25) is 0 Å². The Kier molecular flexibility index (Phi) is 5.16. The Hall–Kier alpha value is -2.63. The van der Waals surface area contributed by atoms with Crippen LogP contribution in [-0.2, 0) is 11.2 Å². The fraction of sp³-hybridized carbons (Fsp3) is 0.421. The van der Waals surface area contributed by atoms with Gasteiger partial charge in [0.25, 0.3) is 5.89 Å². The number of nitrogens with one attached hydrogen (secondary N) is 1. The molecule has 132 valence electrons. The molecular formula is C19H23N3O3. The Balaban J connectivity index is 1.74. The van der Waals surface area contributed by atoms with E-state index in [4.69, 9.17) is 4.42 Å². The molecule has 6 heteroatoms. The third-order valence-corrected chi connectivity index (χ3v) is 4.24. The van der Waals surface area contributed by atoms with Gasteiger partial charge in [-0.05, 0) is 17.9 Å². The van der Waals surface area contributed by atoms with Crippen molar-refractivity contribution in [2.24, 2.45) is 5.92 Å². The zero-order chi connectivity index (χ0) is 17.8. The van der Waals surface area contributed by atoms with Gasteiger partial charge >= 0.3 is 5.91 Å². The second kappa shape index (κ2) is 7.51. The number of aromatic nitrogens is 1. The van der Waals surface area contributed by atoms with Crippen LogP contribution in [0.15, 0.2) is 40.9 Å². The molecule has 2 aromatic rings. The summed E-state index contributed by atoms with van der Waals surface area (Å²) in [6.45, 7) is 5.00. The molecule has 1 N–H and O–H groups in total. The van der Waals surface area contributed by atoms with Gasteiger partial charge in [0.2, 0.25) is 5.91 Å². The molecule has 6 nitrogen and oxygen atoms in total. The third kappa shape index (κ3) is 4.07. The van der Waals surface area contributed by atoms with E-state index >= 15 is 0 Å². The van der Waals surface area contributed by atoms with Gasteiger partial charge in [-0.3, -0.25) is 9.59 Å². The van der Waals surface area contributed by atoms with Crippen molar-refractivity contribution in [3.63, 3.8) is 0 Å². The van der Waals surface area contributed by atoms with Gasteiger partial charge in [-0.1, -0.05) is 44.2 Å². The molecule has 3 rings (SSSR count). The number of carbonyl (C=O) groups is 2. The number of benzene rings is 1. The van der Waals surface area contributed by atoms with Crippen LogP contribution in [0.5, 0.6) is 0 Å². The fourth-order valence-corrected chi connectivity index (χ4v) is 3.05. The first-order chi connectivity index (χ1) is 12.0. The molecule has 0 saturated carbocycles. The number of piperazine rings is 1. The fourth-order valence-electron chi connectivity index (χ4n) is 3.05. The molecule has 25 heavy (non-hydrogen) atoms. The van der Waals surface area contributed by atoms with Crippen LogP contribution < -0.4 is 5.32 Å². The topological polar surface area (TPSA) is 75.4 Å². The normalized spacial score (nSPS) is 17.6. The zero-order valence-corrected chi connectivity index (χ0v) is 14.6. The second-order valence-electron chi connectivity index (χ2n) is 6.73. The van der Waals surface area contributed by atoms with Crippen molar-refractivity contribution in [2.45, 2.75) is 32.7 Å². The number of amides is 2. The molecule has 1 aliphatic heterocycles. The highest BCUT2D eigenvalue weighted by molar-refractivity contribution is 5.95. The van der Waals surface area contributed by atoms with Crippen LogP contribution in [0, 0.1) is 5.92 Å². The highest BCUT2D eigenvalue weighted by Gasteiger charge is 2.35. The number of carbonyl (C=O) groups excluding carboxylic acids is 2. The van der Waals surface area contributed by atoms with Crippen LogP contribution in [0.4, 0.5) is 0 Å². The van der Waals surface area contributed by atoms with Crippen molar-refractivity contribution in [1.29, 1.82) is 0 Å². The molecule has 2 heterocycles. The number of oxazole rings is 1. The van der Waals surface area contributed by atoms with Gasteiger partial charge in [0.05, 0.1) is 6.20 Å². The summed E-state index contributed by atoms with van der Waals surface area (Å²) in [6, 6.07) is 9.40. The molecule has 0 radical (unpaired) electrons. The Morgan fingerprint density at radius 3 is 2.84 bits per heavy atom. The van der Waals surface area contributed by atoms with Crippen molar-refractivity contribution in [3.05, 3.63) is 53.7 Å². The monoisotopic (exact) mass is 341 g/mol. The van der Waals surface area contributed by atoms with Gasteiger partial charge in [0.15, 0.2) is 0 Å². The summed E-state index contributed by atoms with van der Waals surface area (Å²) >= 11 is 0. The second-order valence-corrected chi connectivity index (χ2v) is 6.73. The highest BCUT2D eigenvalue weighted by Crippen LogP contribution is 2.18. The molecule has 1 aliphatic rings. The molecule has 0 aliphatic carbocycles. The summed E-state index contributed by atoms with van der Waals surface area (Å²) in [5, 5.41) is 2.83. The molecule has 2 amide bonds. The number of hydrogen-bond donors (Lipinski definition) is 1. The van der Waals surface area contributed by atoms with E-state index in [9.17, 15) is 9.59 Å². The molecule has 1 aromatic heterocycles. The lowest BCUT2D eigenvalue weighted by Gasteiger charge is -2.35. The molecule has 1 aromatic carbocycles. The van der Waals surface area contributed by atoms with Gasteiger partial charge < -0.3 is 14.6 Å². The average Bonchev–Trinajstić information content (AvgIpc) is 3.05. The maximum Gasteiger partial charge on any atom is 0.310 e. The summed E-state index contributed by atoms with van der Waals surface area (Å²) in [5.41, 5.74) is 1.09. The first-order valence-electron chi connectivity index (χ1n) is 8.62. The zero-order valence-electron chi connectivity index (χ0n) is 14.6. The quantitative estimate of drug-likeness (QED) is 0.905. The van der Waals surface area contributed by atoms with Gasteiger partial charge in [0.1, 0.15) is 11.8 Å². The summed E-state index contributed by atoms with van der Waals surface area (Å²) < 4.78 is 5.66. The van der Waals surface area contributed by atoms with Crippen molar-refractivity contribution in [1.82, 2.24) is 15.2 Å². The maximum absolute atomic E-state index is 12.8. The Morgan fingerprint density at radius 1 is 1.36 bits per heavy atom. The van der Waals surface area contributed by atoms with E-state index in [1.807, 2.05) is 44.2 Å². The van der Waals surface area contributed by atoms with E-state index in [2.05, 4.69) is 10.3 Å². The van der Waals surface area contributed by atoms with Crippen molar-refractivity contribution >= 4 is 11.8 Å². The van der Waals surface area contributed by atoms with E-state index in [-0.39, 0.29) is 17.7 Å². The van der Waals surface area contributed by atoms with E-state index < -0.39 is 6.04 Å². The molecule has 1 atom stereocenters. The first kappa shape index (κ1) is 17.2. The molecule has 1 fully saturated rings. The largest absolute Gasteiger partial charge is 0.437 e. The average molecular weight is 341 g/mol. The minimum absolute atomic E-state index is 0.0504. The van der Waals surface area contributed by atoms with Crippen molar-refractivity contribution in [3.8, 4) is 0 Å². The van der Waals surface area contributed by atoms with Crippen LogP contribution >= 0.6 is 0 Å². The third-order valence-electron chi connectivity index (χ3n) is 4.24. The maximum atomic E-state index is 12.8. The Labute approximate surface area is 147 Å². The summed E-state index contributed by atoms with van der Waals surface area (Å²) in [4.78, 5) is 30.7. The Bertz CT molecular complexity index is 739. The molecule has 1 saturated heterocycles. The minimum atomic E-state index is -0.467. The lowest BCUT2D eigenvalue weighted by atomic mass is 10.00. The van der Waals surface area contributed by atoms with E-state index in [0.29, 0.717) is 37.6 Å². The van der Waals surface area contributed by atoms with E-state index in [1.165, 1.54) is 0 Å². The van der Waals surface area contributed by atoms with Gasteiger partial charge in [0, 0.05) is 19.5 Å². The van der Waals surface area contributed by atoms with E-state index in [0.717, 1.165) is 5.56 Å². The van der Waals surface area contributed by atoms with Crippen LogP contribution in [-0.4, -0.2) is 40.8 Å². The van der Waals surface area contributed by atoms with E-state index in [1.54, 1.807) is 11.1 Å². The molecular weight excluding hydrogens is 318 g/mol.